The fraction of sp³-hybridized carbons (Fsp3) is 0. The molecule has 9 heteroatoms. The molecule has 0 aliphatic heterocycles. The second-order valence-corrected chi connectivity index (χ2v) is 1.54. The molecule has 5 N–H and O–H groups in total. The van der Waals surface area contributed by atoms with Gasteiger partial charge in [-0.05, 0) is 0 Å². The van der Waals surface area contributed by atoms with Gasteiger partial charge in [-0.15, -0.1) is 12.4 Å². The predicted molar refractivity (Wildman–Crippen MR) is 27.9 cm³/mol. The van der Waals surface area contributed by atoms with Gasteiger partial charge >= 0.3 is 37.4 Å². The summed E-state index contributed by atoms with van der Waals surface area (Å²) in [5, 5.41) is 12.0. The van der Waals surface area contributed by atoms with Gasteiger partial charge in [-0.1, -0.05) is 0 Å². The fourth-order valence-corrected chi connectivity index (χ4v) is 0. The van der Waals surface area contributed by atoms with E-state index < -0.39 is 7.82 Å². The van der Waals surface area contributed by atoms with Crippen molar-refractivity contribution in [2.24, 2.45) is 0 Å². The Hall–Kier alpha value is 1.32. The van der Waals surface area contributed by atoms with Crippen LogP contribution in [0.15, 0.2) is 0 Å². The summed E-state index contributed by atoms with van der Waals surface area (Å²) in [5.41, 5.74) is 0. The molecular weight excluding hydrogens is 185 g/mol. The second kappa shape index (κ2) is 12.0. The van der Waals surface area contributed by atoms with E-state index in [4.69, 9.17) is 29.8 Å². The van der Waals surface area contributed by atoms with Gasteiger partial charge in [0, 0.05) is 0 Å². The summed E-state index contributed by atoms with van der Waals surface area (Å²) in [6.07, 6.45) is 0. The molecular formula is H7ClNaO6P. The van der Waals surface area contributed by atoms with Crippen molar-refractivity contribution in [1.82, 2.24) is 0 Å². The van der Waals surface area contributed by atoms with Gasteiger partial charge in [0.05, 0.1) is 0 Å². The summed E-state index contributed by atoms with van der Waals surface area (Å²) in [6.45, 7) is 0. The zero-order valence-electron chi connectivity index (χ0n) is 5.50. The van der Waals surface area contributed by atoms with Crippen molar-refractivity contribution in [2.45, 2.75) is 0 Å². The Balaban J connectivity index is -0.0000000154. The summed E-state index contributed by atoms with van der Waals surface area (Å²) >= 11 is 0. The average Bonchev–Trinajstić information content (AvgIpc) is 1.36. The third kappa shape index (κ3) is 287. The Kier molecular flexibility index (Phi) is 30.0. The summed E-state index contributed by atoms with van der Waals surface area (Å²) in [7, 11) is -4.64. The molecule has 0 aliphatic carbocycles. The van der Waals surface area contributed by atoms with Gasteiger partial charge in [-0.3, -0.25) is 10.5 Å². The van der Waals surface area contributed by atoms with E-state index in [-0.39, 0.29) is 43.4 Å². The van der Waals surface area contributed by atoms with Crippen molar-refractivity contribution in [3.8, 4) is 0 Å². The second-order valence-electron chi connectivity index (χ2n) is 0.513. The van der Waals surface area contributed by atoms with Gasteiger partial charge in [-0.25, -0.2) is 4.57 Å². The third-order valence-electron chi connectivity index (χ3n) is 0. The van der Waals surface area contributed by atoms with Crippen LogP contribution in [0.1, 0.15) is 1.43 Å². The minimum absolute atomic E-state index is 0. The molecule has 0 saturated carbocycles. The zero-order valence-corrected chi connectivity index (χ0v) is 8.21. The number of hydrogen-bond donors (Lipinski definition) is 5. The van der Waals surface area contributed by atoms with E-state index in [1.165, 1.54) is 0 Å². The first kappa shape index (κ1) is 22.4. The quantitative estimate of drug-likeness (QED) is 0.118. The SMILES string of the molecule is Cl.O=P(O)(O)O.OO.[H-].[Na+]. The molecule has 0 radical (unpaired) electrons. The molecule has 0 atom stereocenters. The van der Waals surface area contributed by atoms with E-state index in [0.29, 0.717) is 0 Å². The summed E-state index contributed by atoms with van der Waals surface area (Å²) in [5.74, 6) is 0. The minimum atomic E-state index is -4.64. The maximum Gasteiger partial charge on any atom is 1.00 e. The average molecular weight is 192 g/mol. The molecule has 0 fully saturated rings. The molecule has 0 amide bonds. The predicted octanol–water partition coefficient (Wildman–Crippen LogP) is -3.37. The van der Waals surface area contributed by atoms with Gasteiger partial charge in [0.2, 0.25) is 0 Å². The fourth-order valence-electron chi connectivity index (χ4n) is 0. The van der Waals surface area contributed by atoms with Gasteiger partial charge in [0.1, 0.15) is 0 Å². The number of phosphoric acid groups is 1. The van der Waals surface area contributed by atoms with E-state index >= 15 is 0 Å². The van der Waals surface area contributed by atoms with Crippen molar-refractivity contribution in [3.63, 3.8) is 0 Å². The molecule has 0 aromatic carbocycles. The van der Waals surface area contributed by atoms with Crippen molar-refractivity contribution in [1.29, 1.82) is 0 Å². The maximum absolute atomic E-state index is 8.88. The molecule has 0 spiro atoms. The summed E-state index contributed by atoms with van der Waals surface area (Å²) in [6, 6.07) is 0. The molecule has 0 bridgehead atoms. The number of hydrogen-bond acceptors (Lipinski definition) is 3. The van der Waals surface area contributed by atoms with Crippen LogP contribution in [0.3, 0.4) is 0 Å². The van der Waals surface area contributed by atoms with E-state index in [1.807, 2.05) is 0 Å². The Morgan fingerprint density at radius 1 is 1.11 bits per heavy atom. The summed E-state index contributed by atoms with van der Waals surface area (Å²) in [4.78, 5) is 21.6. The first-order valence-corrected chi connectivity index (χ1v) is 2.55. The molecule has 0 rings (SSSR count). The van der Waals surface area contributed by atoms with Crippen molar-refractivity contribution in [3.05, 3.63) is 0 Å². The molecule has 56 valence electrons. The third-order valence-corrected chi connectivity index (χ3v) is 0. The van der Waals surface area contributed by atoms with Crippen LogP contribution in [0.25, 0.3) is 0 Å². The normalized spacial score (nSPS) is 7.22. The Labute approximate surface area is 80.9 Å². The minimum Gasteiger partial charge on any atom is -1.00 e. The molecule has 0 saturated heterocycles. The maximum atomic E-state index is 8.88. The molecule has 0 unspecified atom stereocenters. The molecule has 0 aliphatic rings. The van der Waals surface area contributed by atoms with Crippen molar-refractivity contribution in [2.75, 3.05) is 0 Å². The smallest absolute Gasteiger partial charge is 1.00 e. The van der Waals surface area contributed by atoms with Crippen LogP contribution >= 0.6 is 20.2 Å². The van der Waals surface area contributed by atoms with E-state index in [2.05, 4.69) is 0 Å². The number of halogens is 1. The van der Waals surface area contributed by atoms with Crippen LogP contribution < -0.4 is 29.6 Å². The van der Waals surface area contributed by atoms with Crippen LogP contribution in [-0.2, 0) is 4.57 Å². The van der Waals surface area contributed by atoms with Crippen LogP contribution in [0, 0.1) is 0 Å². The van der Waals surface area contributed by atoms with E-state index in [1.54, 1.807) is 0 Å². The van der Waals surface area contributed by atoms with Gasteiger partial charge < -0.3 is 16.1 Å². The standard InChI is InChI=1S/ClH.Na.H3O4P.H2O2.H/c;;1-5(2,3)4;1-2;/h1H;;(H3,1,2,3,4);1-2H;/q;+1;;;-1. The van der Waals surface area contributed by atoms with Gasteiger partial charge in [-0.2, -0.15) is 0 Å². The Morgan fingerprint density at radius 3 is 1.11 bits per heavy atom. The van der Waals surface area contributed by atoms with Crippen LogP contribution in [0.2, 0.25) is 0 Å². The van der Waals surface area contributed by atoms with Crippen LogP contribution in [-0.4, -0.2) is 25.2 Å². The molecule has 9 heavy (non-hydrogen) atoms. The molecule has 0 heterocycles. The first-order chi connectivity index (χ1) is 3.00. The van der Waals surface area contributed by atoms with Gasteiger partial charge in [0.15, 0.2) is 0 Å². The first-order valence-electron chi connectivity index (χ1n) is 0.983. The molecule has 6 nitrogen and oxygen atoms in total. The van der Waals surface area contributed by atoms with Crippen LogP contribution in [0.5, 0.6) is 0 Å². The Bertz CT molecular complexity index is 63.9. The summed E-state index contributed by atoms with van der Waals surface area (Å²) < 4.78 is 8.88. The molecule has 0 aromatic heterocycles. The van der Waals surface area contributed by atoms with Gasteiger partial charge in [0.25, 0.3) is 0 Å². The monoisotopic (exact) mass is 192 g/mol. The van der Waals surface area contributed by atoms with E-state index in [0.717, 1.165) is 0 Å². The van der Waals surface area contributed by atoms with Crippen LogP contribution in [0.4, 0.5) is 0 Å². The van der Waals surface area contributed by atoms with E-state index in [9.17, 15) is 0 Å². The number of rotatable bonds is 0. The van der Waals surface area contributed by atoms with Crippen molar-refractivity contribution < 1.29 is 60.7 Å². The topological polar surface area (TPSA) is 118 Å². The van der Waals surface area contributed by atoms with Crippen molar-refractivity contribution >= 4 is 20.2 Å². The zero-order chi connectivity index (χ0) is 6.50. The molecule has 0 aromatic rings. The Morgan fingerprint density at radius 2 is 1.11 bits per heavy atom. The largest absolute Gasteiger partial charge is 1.00 e.